The molecule has 2 amide bonds. The number of rotatable bonds is 7. The minimum Gasteiger partial charge on any atom is -0.383 e. The first-order valence-corrected chi connectivity index (χ1v) is 11.5. The summed E-state index contributed by atoms with van der Waals surface area (Å²) in [6.07, 6.45) is 0.960. The van der Waals surface area contributed by atoms with Gasteiger partial charge in [-0.1, -0.05) is 12.1 Å². The van der Waals surface area contributed by atoms with E-state index in [0.717, 1.165) is 6.07 Å². The highest BCUT2D eigenvalue weighted by molar-refractivity contribution is 7.89. The van der Waals surface area contributed by atoms with Gasteiger partial charge in [0, 0.05) is 33.3 Å². The Morgan fingerprint density at radius 2 is 1.97 bits per heavy atom. The van der Waals surface area contributed by atoms with Gasteiger partial charge in [0.2, 0.25) is 21.8 Å². The van der Waals surface area contributed by atoms with Crippen molar-refractivity contribution in [2.45, 2.75) is 37.1 Å². The topological polar surface area (TPSA) is 96.0 Å². The highest BCUT2D eigenvalue weighted by Gasteiger charge is 2.54. The third kappa shape index (κ3) is 4.08. The molecule has 10 heteroatoms. The third-order valence-electron chi connectivity index (χ3n) is 6.06. The van der Waals surface area contributed by atoms with Crippen molar-refractivity contribution in [3.05, 3.63) is 30.1 Å². The lowest BCUT2D eigenvalue weighted by atomic mass is 9.76. The van der Waals surface area contributed by atoms with Crippen LogP contribution >= 0.6 is 0 Å². The van der Waals surface area contributed by atoms with Crippen LogP contribution in [0.4, 0.5) is 4.39 Å². The Morgan fingerprint density at radius 1 is 1.30 bits per heavy atom. The maximum Gasteiger partial charge on any atom is 0.245 e. The maximum atomic E-state index is 14.0. The molecule has 1 aromatic carbocycles. The summed E-state index contributed by atoms with van der Waals surface area (Å²) in [5.74, 6) is -1.12. The van der Waals surface area contributed by atoms with Crippen LogP contribution in [0.3, 0.4) is 0 Å². The number of amides is 2. The summed E-state index contributed by atoms with van der Waals surface area (Å²) in [5.41, 5.74) is -0.763. The first kappa shape index (κ1) is 22.6. The molecular formula is C20H28FN3O5S. The van der Waals surface area contributed by atoms with Gasteiger partial charge in [0.05, 0.1) is 12.0 Å². The molecule has 1 aromatic rings. The van der Waals surface area contributed by atoms with Crippen LogP contribution < -0.4 is 5.32 Å². The summed E-state index contributed by atoms with van der Waals surface area (Å²) in [6, 6.07) is 4.70. The van der Waals surface area contributed by atoms with Crippen LogP contribution in [0.5, 0.6) is 0 Å². The van der Waals surface area contributed by atoms with Crippen molar-refractivity contribution in [3.8, 4) is 0 Å². The molecule has 1 unspecified atom stereocenters. The van der Waals surface area contributed by atoms with Gasteiger partial charge in [0.1, 0.15) is 16.8 Å². The van der Waals surface area contributed by atoms with E-state index in [1.165, 1.54) is 22.5 Å². The smallest absolute Gasteiger partial charge is 0.245 e. The van der Waals surface area contributed by atoms with Crippen LogP contribution in [0.2, 0.25) is 0 Å². The van der Waals surface area contributed by atoms with Crippen LogP contribution in [0, 0.1) is 11.2 Å². The lowest BCUT2D eigenvalue weighted by Crippen LogP contribution is -2.47. The molecule has 0 aromatic heterocycles. The Kier molecular flexibility index (Phi) is 6.78. The van der Waals surface area contributed by atoms with E-state index in [4.69, 9.17) is 4.74 Å². The van der Waals surface area contributed by atoms with Crippen molar-refractivity contribution in [1.29, 1.82) is 0 Å². The first-order valence-electron chi connectivity index (χ1n) is 10.1. The second kappa shape index (κ2) is 8.99. The standard InChI is InChI=1S/C20H28FN3O5S/c1-3-24-16(18(25)22-10-13-29-2)14-20(19(24)26)8-11-23(12-9-20)30(27,28)17-7-5-4-6-15(17)21/h4-7,16H,3,8-14H2,1-2H3,(H,22,25). The van der Waals surface area contributed by atoms with Gasteiger partial charge in [0.25, 0.3) is 0 Å². The number of benzene rings is 1. The number of likely N-dealkylation sites (tertiary alicyclic amines) is 1. The molecule has 2 saturated heterocycles. The van der Waals surface area contributed by atoms with Crippen LogP contribution in [-0.2, 0) is 24.3 Å². The molecule has 1 atom stereocenters. The summed E-state index contributed by atoms with van der Waals surface area (Å²) in [7, 11) is -2.44. The minimum atomic E-state index is -3.98. The van der Waals surface area contributed by atoms with Gasteiger partial charge in [-0.15, -0.1) is 0 Å². The fourth-order valence-corrected chi connectivity index (χ4v) is 5.88. The Labute approximate surface area is 176 Å². The number of hydrogen-bond donors (Lipinski definition) is 1. The summed E-state index contributed by atoms with van der Waals surface area (Å²) >= 11 is 0. The van der Waals surface area contributed by atoms with E-state index in [1.807, 2.05) is 6.92 Å². The van der Waals surface area contributed by atoms with Gasteiger partial charge in [-0.3, -0.25) is 9.59 Å². The summed E-state index contributed by atoms with van der Waals surface area (Å²) in [6.45, 7) is 3.19. The van der Waals surface area contributed by atoms with E-state index in [9.17, 15) is 22.4 Å². The van der Waals surface area contributed by atoms with E-state index in [0.29, 0.717) is 39.0 Å². The van der Waals surface area contributed by atoms with Gasteiger partial charge in [-0.05, 0) is 38.3 Å². The molecule has 166 valence electrons. The molecule has 0 aliphatic carbocycles. The molecular weight excluding hydrogens is 413 g/mol. The average Bonchev–Trinajstić information content (AvgIpc) is 3.00. The van der Waals surface area contributed by atoms with Crippen molar-refractivity contribution in [3.63, 3.8) is 0 Å². The number of nitrogens with one attached hydrogen (secondary N) is 1. The van der Waals surface area contributed by atoms with Crippen LogP contribution in [0.1, 0.15) is 26.2 Å². The Bertz CT molecular complexity index is 899. The monoisotopic (exact) mass is 441 g/mol. The average molecular weight is 442 g/mol. The zero-order chi connectivity index (χ0) is 21.9. The van der Waals surface area contributed by atoms with Gasteiger partial charge < -0.3 is 15.0 Å². The van der Waals surface area contributed by atoms with Gasteiger partial charge in [-0.25, -0.2) is 12.8 Å². The Hall–Kier alpha value is -2.04. The van der Waals surface area contributed by atoms with E-state index < -0.39 is 27.3 Å². The summed E-state index contributed by atoms with van der Waals surface area (Å²) in [4.78, 5) is 26.9. The zero-order valence-corrected chi connectivity index (χ0v) is 18.1. The van der Waals surface area contributed by atoms with Gasteiger partial charge in [-0.2, -0.15) is 4.31 Å². The minimum absolute atomic E-state index is 0.109. The van der Waals surface area contributed by atoms with E-state index in [2.05, 4.69) is 5.32 Å². The number of likely N-dealkylation sites (N-methyl/N-ethyl adjacent to an activating group) is 1. The largest absolute Gasteiger partial charge is 0.383 e. The van der Waals surface area contributed by atoms with Gasteiger partial charge in [0.15, 0.2) is 0 Å². The van der Waals surface area contributed by atoms with Crippen LogP contribution in [-0.4, -0.2) is 75.4 Å². The van der Waals surface area contributed by atoms with Crippen molar-refractivity contribution in [2.24, 2.45) is 5.41 Å². The molecule has 0 saturated carbocycles. The molecule has 2 heterocycles. The predicted octanol–water partition coefficient (Wildman–Crippen LogP) is 0.980. The molecule has 8 nitrogen and oxygen atoms in total. The number of carbonyl (C=O) groups is 2. The quantitative estimate of drug-likeness (QED) is 0.637. The first-order chi connectivity index (χ1) is 14.3. The predicted molar refractivity (Wildman–Crippen MR) is 108 cm³/mol. The summed E-state index contributed by atoms with van der Waals surface area (Å²) in [5, 5.41) is 2.79. The number of nitrogens with zero attached hydrogens (tertiary/aromatic N) is 2. The number of sulfonamides is 1. The SMILES string of the molecule is CCN1C(=O)C2(CCN(S(=O)(=O)c3ccccc3F)CC2)CC1C(=O)NCCOC. The number of methoxy groups -OCH3 is 1. The molecule has 2 aliphatic rings. The van der Waals surface area contributed by atoms with E-state index in [-0.39, 0.29) is 29.8 Å². The second-order valence-electron chi connectivity index (χ2n) is 7.71. The van der Waals surface area contributed by atoms with E-state index in [1.54, 1.807) is 12.0 Å². The van der Waals surface area contributed by atoms with Crippen LogP contribution in [0.15, 0.2) is 29.2 Å². The fraction of sp³-hybridized carbons (Fsp3) is 0.600. The zero-order valence-electron chi connectivity index (χ0n) is 17.3. The molecule has 2 aliphatic heterocycles. The highest BCUT2D eigenvalue weighted by Crippen LogP contribution is 2.45. The highest BCUT2D eigenvalue weighted by atomic mass is 32.2. The number of piperidine rings is 1. The number of ether oxygens (including phenoxy) is 1. The van der Waals surface area contributed by atoms with Crippen molar-refractivity contribution in [2.75, 3.05) is 39.9 Å². The molecule has 1 N–H and O–H groups in total. The number of halogens is 1. The third-order valence-corrected chi connectivity index (χ3v) is 7.99. The maximum absolute atomic E-state index is 14.0. The number of hydrogen-bond acceptors (Lipinski definition) is 5. The summed E-state index contributed by atoms with van der Waals surface area (Å²) < 4.78 is 45.9. The molecule has 1 spiro atoms. The van der Waals surface area contributed by atoms with Gasteiger partial charge >= 0.3 is 0 Å². The van der Waals surface area contributed by atoms with Crippen molar-refractivity contribution in [1.82, 2.24) is 14.5 Å². The van der Waals surface area contributed by atoms with Crippen molar-refractivity contribution >= 4 is 21.8 Å². The Morgan fingerprint density at radius 3 is 2.57 bits per heavy atom. The Balaban J connectivity index is 1.73. The molecule has 3 rings (SSSR count). The second-order valence-corrected chi connectivity index (χ2v) is 9.62. The molecule has 0 radical (unpaired) electrons. The normalized spacial score (nSPS) is 21.9. The van der Waals surface area contributed by atoms with Crippen molar-refractivity contribution < 1.29 is 27.1 Å². The molecule has 0 bridgehead atoms. The van der Waals surface area contributed by atoms with Crippen LogP contribution in [0.25, 0.3) is 0 Å². The molecule has 30 heavy (non-hydrogen) atoms. The number of carbonyl (C=O) groups excluding carboxylic acids is 2. The lowest BCUT2D eigenvalue weighted by Gasteiger charge is -2.37. The molecule has 2 fully saturated rings. The lowest BCUT2D eigenvalue weighted by molar-refractivity contribution is -0.140. The fourth-order valence-electron chi connectivity index (χ4n) is 4.37. The van der Waals surface area contributed by atoms with E-state index >= 15 is 0 Å².